The van der Waals surface area contributed by atoms with Crippen LogP contribution < -0.4 is 20.7 Å². The van der Waals surface area contributed by atoms with Gasteiger partial charge in [0.05, 0.1) is 13.2 Å². The number of amides is 3. The Bertz CT molecular complexity index is 762. The van der Waals surface area contributed by atoms with Crippen LogP contribution in [0.4, 0.5) is 9.18 Å². The van der Waals surface area contributed by atoms with Gasteiger partial charge in [0.1, 0.15) is 17.6 Å². The van der Waals surface area contributed by atoms with Crippen LogP contribution in [0.2, 0.25) is 0 Å². The van der Waals surface area contributed by atoms with E-state index in [0.29, 0.717) is 5.75 Å². The maximum atomic E-state index is 13.2. The molecule has 1 fully saturated rings. The maximum Gasteiger partial charge on any atom is 0.315 e. The molecule has 2 unspecified atom stereocenters. The van der Waals surface area contributed by atoms with Gasteiger partial charge in [-0.3, -0.25) is 4.79 Å². The van der Waals surface area contributed by atoms with Gasteiger partial charge in [-0.2, -0.15) is 0 Å². The van der Waals surface area contributed by atoms with Crippen molar-refractivity contribution in [2.75, 3.05) is 13.7 Å². The Labute approximate surface area is 144 Å². The lowest BCUT2D eigenvalue weighted by molar-refractivity contribution is -0.122. The lowest BCUT2D eigenvalue weighted by Gasteiger charge is -2.22. The van der Waals surface area contributed by atoms with Gasteiger partial charge in [0.2, 0.25) is 5.91 Å². The van der Waals surface area contributed by atoms with Crippen LogP contribution in [0.5, 0.6) is 5.75 Å². The summed E-state index contributed by atoms with van der Waals surface area (Å²) in [6.45, 7) is 0.226. The van der Waals surface area contributed by atoms with Crippen molar-refractivity contribution in [3.63, 3.8) is 0 Å². The SMILES string of the molecule is COc1ccc(C(NC(=O)C2CNC(=O)N2)c2ccc(F)cc2)cc1. The van der Waals surface area contributed by atoms with Gasteiger partial charge in [-0.25, -0.2) is 9.18 Å². The van der Waals surface area contributed by atoms with Crippen LogP contribution in [-0.2, 0) is 4.79 Å². The van der Waals surface area contributed by atoms with E-state index in [-0.39, 0.29) is 24.3 Å². The lowest BCUT2D eigenvalue weighted by atomic mass is 9.98. The van der Waals surface area contributed by atoms with E-state index in [9.17, 15) is 14.0 Å². The summed E-state index contributed by atoms with van der Waals surface area (Å²) in [5.74, 6) is 0.0273. The number of hydrogen-bond acceptors (Lipinski definition) is 3. The zero-order valence-electron chi connectivity index (χ0n) is 13.6. The third kappa shape index (κ3) is 3.88. The van der Waals surface area contributed by atoms with Gasteiger partial charge < -0.3 is 20.7 Å². The average molecular weight is 343 g/mol. The van der Waals surface area contributed by atoms with E-state index in [1.807, 2.05) is 12.1 Å². The van der Waals surface area contributed by atoms with Crippen molar-refractivity contribution < 1.29 is 18.7 Å². The molecular weight excluding hydrogens is 325 g/mol. The summed E-state index contributed by atoms with van der Waals surface area (Å²) in [7, 11) is 1.57. The van der Waals surface area contributed by atoms with Crippen molar-refractivity contribution in [3.8, 4) is 5.75 Å². The van der Waals surface area contributed by atoms with Crippen molar-refractivity contribution in [1.29, 1.82) is 0 Å². The Hall–Kier alpha value is -3.09. The zero-order valence-corrected chi connectivity index (χ0v) is 13.6. The monoisotopic (exact) mass is 343 g/mol. The van der Waals surface area contributed by atoms with Crippen LogP contribution in [0.25, 0.3) is 0 Å². The molecule has 0 bridgehead atoms. The predicted octanol–water partition coefficient (Wildman–Crippen LogP) is 1.72. The highest BCUT2D eigenvalue weighted by Gasteiger charge is 2.29. The van der Waals surface area contributed by atoms with Gasteiger partial charge in [-0.1, -0.05) is 24.3 Å². The van der Waals surface area contributed by atoms with E-state index in [1.165, 1.54) is 12.1 Å². The quantitative estimate of drug-likeness (QED) is 0.773. The third-order valence-corrected chi connectivity index (χ3v) is 4.03. The average Bonchev–Trinajstić information content (AvgIpc) is 3.07. The standard InChI is InChI=1S/C18H18FN3O3/c1-25-14-8-4-12(5-9-14)16(11-2-6-13(19)7-3-11)22-17(23)15-10-20-18(24)21-15/h2-9,15-16H,10H2,1H3,(H,22,23)(H2,20,21,24). The Balaban J connectivity index is 1.86. The number of methoxy groups -OCH3 is 1. The maximum absolute atomic E-state index is 13.2. The van der Waals surface area contributed by atoms with Gasteiger partial charge in [-0.15, -0.1) is 0 Å². The second kappa shape index (κ2) is 7.21. The molecule has 6 nitrogen and oxygen atoms in total. The summed E-state index contributed by atoms with van der Waals surface area (Å²) < 4.78 is 18.4. The first-order valence-corrected chi connectivity index (χ1v) is 7.81. The second-order valence-electron chi connectivity index (χ2n) is 5.67. The molecule has 25 heavy (non-hydrogen) atoms. The number of benzene rings is 2. The van der Waals surface area contributed by atoms with Gasteiger partial charge in [0.25, 0.3) is 0 Å². The minimum atomic E-state index is -0.645. The molecule has 3 rings (SSSR count). The van der Waals surface area contributed by atoms with Crippen LogP contribution in [0.15, 0.2) is 48.5 Å². The van der Waals surface area contributed by atoms with Gasteiger partial charge in [0.15, 0.2) is 0 Å². The molecule has 3 amide bonds. The summed E-state index contributed by atoms with van der Waals surface area (Å²) >= 11 is 0. The molecule has 2 atom stereocenters. The minimum Gasteiger partial charge on any atom is -0.497 e. The number of halogens is 1. The number of carbonyl (C=O) groups is 2. The molecule has 7 heteroatoms. The molecule has 1 saturated heterocycles. The molecule has 1 aliphatic heterocycles. The van der Waals surface area contributed by atoms with Crippen molar-refractivity contribution in [1.82, 2.24) is 16.0 Å². The molecule has 0 spiro atoms. The first-order valence-electron chi connectivity index (χ1n) is 7.81. The molecule has 2 aromatic carbocycles. The molecule has 1 heterocycles. The van der Waals surface area contributed by atoms with E-state index < -0.39 is 12.1 Å². The number of nitrogens with one attached hydrogen (secondary N) is 3. The predicted molar refractivity (Wildman–Crippen MR) is 89.7 cm³/mol. The van der Waals surface area contributed by atoms with E-state index in [0.717, 1.165) is 11.1 Å². The van der Waals surface area contributed by atoms with Crippen LogP contribution >= 0.6 is 0 Å². The summed E-state index contributed by atoms with van der Waals surface area (Å²) in [4.78, 5) is 23.7. The molecule has 2 aromatic rings. The summed E-state index contributed by atoms with van der Waals surface area (Å²) in [6, 6.07) is 11.7. The summed E-state index contributed by atoms with van der Waals surface area (Å²) in [6.07, 6.45) is 0. The third-order valence-electron chi connectivity index (χ3n) is 4.03. The zero-order chi connectivity index (χ0) is 17.8. The van der Waals surface area contributed by atoms with Crippen molar-refractivity contribution in [3.05, 3.63) is 65.5 Å². The Morgan fingerprint density at radius 2 is 1.76 bits per heavy atom. The van der Waals surface area contributed by atoms with Gasteiger partial charge in [0, 0.05) is 6.54 Å². The summed E-state index contributed by atoms with van der Waals surface area (Å²) in [5.41, 5.74) is 1.55. The Morgan fingerprint density at radius 1 is 1.16 bits per heavy atom. The number of ether oxygens (including phenoxy) is 1. The lowest BCUT2D eigenvalue weighted by Crippen LogP contribution is -2.44. The van der Waals surface area contributed by atoms with Crippen LogP contribution in [-0.4, -0.2) is 31.6 Å². The Kier molecular flexibility index (Phi) is 4.83. The molecule has 0 radical (unpaired) electrons. The van der Waals surface area contributed by atoms with Crippen LogP contribution in [0, 0.1) is 5.82 Å². The summed E-state index contributed by atoms with van der Waals surface area (Å²) in [5, 5.41) is 8.01. The highest BCUT2D eigenvalue weighted by Crippen LogP contribution is 2.24. The fraction of sp³-hybridized carbons (Fsp3) is 0.222. The van der Waals surface area contributed by atoms with Crippen LogP contribution in [0.3, 0.4) is 0 Å². The molecule has 3 N–H and O–H groups in total. The molecule has 0 saturated carbocycles. The van der Waals surface area contributed by atoms with E-state index in [4.69, 9.17) is 4.74 Å². The van der Waals surface area contributed by atoms with E-state index >= 15 is 0 Å². The molecule has 1 aliphatic rings. The van der Waals surface area contributed by atoms with Crippen LogP contribution in [0.1, 0.15) is 17.2 Å². The van der Waals surface area contributed by atoms with Crippen molar-refractivity contribution in [2.24, 2.45) is 0 Å². The molecular formula is C18H18FN3O3. The fourth-order valence-electron chi connectivity index (χ4n) is 2.67. The highest BCUT2D eigenvalue weighted by atomic mass is 19.1. The number of urea groups is 1. The number of rotatable bonds is 5. The first-order chi connectivity index (χ1) is 12.1. The van der Waals surface area contributed by atoms with E-state index in [1.54, 1.807) is 31.4 Å². The number of hydrogen-bond donors (Lipinski definition) is 3. The fourth-order valence-corrected chi connectivity index (χ4v) is 2.67. The topological polar surface area (TPSA) is 79.5 Å². The smallest absolute Gasteiger partial charge is 0.315 e. The van der Waals surface area contributed by atoms with Gasteiger partial charge in [-0.05, 0) is 35.4 Å². The largest absolute Gasteiger partial charge is 0.497 e. The second-order valence-corrected chi connectivity index (χ2v) is 5.67. The van der Waals surface area contributed by atoms with E-state index in [2.05, 4.69) is 16.0 Å². The molecule has 0 aliphatic carbocycles. The minimum absolute atomic E-state index is 0.226. The molecule has 0 aromatic heterocycles. The van der Waals surface area contributed by atoms with Crippen molar-refractivity contribution in [2.45, 2.75) is 12.1 Å². The van der Waals surface area contributed by atoms with Crippen molar-refractivity contribution >= 4 is 11.9 Å². The highest BCUT2D eigenvalue weighted by molar-refractivity contribution is 5.90. The first kappa shape index (κ1) is 16.8. The van der Waals surface area contributed by atoms with Gasteiger partial charge >= 0.3 is 6.03 Å². The Morgan fingerprint density at radius 3 is 2.28 bits per heavy atom. The molecule has 130 valence electrons. The number of carbonyl (C=O) groups excluding carboxylic acids is 2. The normalized spacial score (nSPS) is 17.4.